The number of sulfonamides is 1. The number of hydrogen-bond acceptors (Lipinski definition) is 5. The van der Waals surface area contributed by atoms with E-state index in [4.69, 9.17) is 5.11 Å². The second-order valence-corrected chi connectivity index (χ2v) is 7.63. The third-order valence-corrected chi connectivity index (χ3v) is 5.31. The molecule has 3 aromatic carbocycles. The number of carboxylic acid groups (broad SMARTS) is 1. The highest BCUT2D eigenvalue weighted by Gasteiger charge is 2.21. The topological polar surface area (TPSA) is 110 Å². The van der Waals surface area contributed by atoms with Gasteiger partial charge in [-0.25, -0.2) is 13.2 Å². The van der Waals surface area contributed by atoms with Crippen LogP contribution < -0.4 is 14.9 Å². The van der Waals surface area contributed by atoms with Gasteiger partial charge in [-0.2, -0.15) is 0 Å². The van der Waals surface area contributed by atoms with Crippen molar-refractivity contribution < 1.29 is 23.4 Å². The molecule has 3 rings (SSSR count). The van der Waals surface area contributed by atoms with E-state index in [0.29, 0.717) is 5.69 Å². The maximum absolute atomic E-state index is 12.8. The summed E-state index contributed by atoms with van der Waals surface area (Å²) in [5.41, 5.74) is 0.876. The summed E-state index contributed by atoms with van der Waals surface area (Å²) < 4.78 is 25.7. The van der Waals surface area contributed by atoms with E-state index in [1.54, 1.807) is 24.3 Å². The second-order valence-electron chi connectivity index (χ2n) is 5.97. The summed E-state index contributed by atoms with van der Waals surface area (Å²) in [6.45, 7) is 0.246. The number of rotatable bonds is 7. The molecule has 2 N–H and O–H groups in total. The van der Waals surface area contributed by atoms with Crippen molar-refractivity contribution in [2.75, 3.05) is 5.01 Å². The molecule has 0 spiro atoms. The van der Waals surface area contributed by atoms with Crippen LogP contribution in [0.2, 0.25) is 0 Å². The first-order valence-electron chi connectivity index (χ1n) is 8.30. The quantitative estimate of drug-likeness (QED) is 0.592. The monoisotopic (exact) mass is 397 g/mol. The van der Waals surface area contributed by atoms with Gasteiger partial charge in [-0.15, -0.1) is 4.83 Å². The van der Waals surface area contributed by atoms with Gasteiger partial charge in [0.1, 0.15) is 0 Å². The van der Waals surface area contributed by atoms with Gasteiger partial charge < -0.3 is 10.2 Å². The van der Waals surface area contributed by atoms with Crippen LogP contribution in [0.25, 0.3) is 0 Å². The molecule has 0 amide bonds. The number of carboxylic acids is 1. The zero-order valence-electron chi connectivity index (χ0n) is 14.6. The maximum atomic E-state index is 12.8. The molecule has 0 aliphatic carbocycles. The van der Waals surface area contributed by atoms with Crippen molar-refractivity contribution in [3.05, 3.63) is 90.0 Å². The molecule has 0 unspecified atom stereocenters. The Hall–Kier alpha value is -3.36. The molecule has 3 aromatic rings. The average molecular weight is 397 g/mol. The van der Waals surface area contributed by atoms with Gasteiger partial charge in [-0.05, 0) is 29.8 Å². The fourth-order valence-corrected chi connectivity index (χ4v) is 3.68. The van der Waals surface area contributed by atoms with Gasteiger partial charge in [-0.3, -0.25) is 5.01 Å². The molecule has 0 radical (unpaired) electrons. The molecule has 0 aliphatic rings. The molecule has 0 aromatic heterocycles. The lowest BCUT2D eigenvalue weighted by atomic mass is 10.2. The van der Waals surface area contributed by atoms with E-state index >= 15 is 0 Å². The molecule has 0 heterocycles. The van der Waals surface area contributed by atoms with Gasteiger partial charge in [0.2, 0.25) is 0 Å². The molecule has 0 atom stereocenters. The van der Waals surface area contributed by atoms with Gasteiger partial charge in [0, 0.05) is 0 Å². The minimum Gasteiger partial charge on any atom is -0.872 e. The van der Waals surface area contributed by atoms with E-state index in [0.717, 1.165) is 23.8 Å². The Bertz CT molecular complexity index is 1070. The van der Waals surface area contributed by atoms with Crippen LogP contribution in [0.15, 0.2) is 83.8 Å². The molecular weight excluding hydrogens is 380 g/mol. The number of benzene rings is 3. The predicted molar refractivity (Wildman–Crippen MR) is 102 cm³/mol. The van der Waals surface area contributed by atoms with Crippen LogP contribution in [-0.2, 0) is 16.6 Å². The highest BCUT2D eigenvalue weighted by molar-refractivity contribution is 7.89. The summed E-state index contributed by atoms with van der Waals surface area (Å²) in [5.74, 6) is -2.23. The molecule has 0 bridgehead atoms. The summed E-state index contributed by atoms with van der Waals surface area (Å²) in [5, 5.41) is 22.1. The van der Waals surface area contributed by atoms with Crippen LogP contribution in [0.4, 0.5) is 5.69 Å². The van der Waals surface area contributed by atoms with Crippen LogP contribution >= 0.6 is 0 Å². The number of para-hydroxylation sites is 1. The van der Waals surface area contributed by atoms with E-state index in [-0.39, 0.29) is 11.4 Å². The summed E-state index contributed by atoms with van der Waals surface area (Å²) >= 11 is 0. The minimum atomic E-state index is -4.13. The Balaban J connectivity index is 1.95. The van der Waals surface area contributed by atoms with Gasteiger partial charge in [0.05, 0.1) is 22.7 Å². The molecule has 0 saturated heterocycles. The number of hydrazine groups is 1. The van der Waals surface area contributed by atoms with Crippen LogP contribution in [0.1, 0.15) is 15.9 Å². The number of anilines is 1. The van der Waals surface area contributed by atoms with Crippen molar-refractivity contribution in [3.63, 3.8) is 0 Å². The zero-order valence-corrected chi connectivity index (χ0v) is 15.5. The van der Waals surface area contributed by atoms with Crippen molar-refractivity contribution in [2.24, 2.45) is 0 Å². The molecule has 8 heteroatoms. The highest BCUT2D eigenvalue weighted by Crippen LogP contribution is 2.21. The van der Waals surface area contributed by atoms with Gasteiger partial charge >= 0.3 is 5.97 Å². The van der Waals surface area contributed by atoms with E-state index < -0.39 is 27.3 Å². The first-order valence-corrected chi connectivity index (χ1v) is 9.78. The first kappa shape index (κ1) is 19.4. The molecule has 0 aliphatic heterocycles. The molecule has 7 nitrogen and oxygen atoms in total. The van der Waals surface area contributed by atoms with Crippen LogP contribution in [0.5, 0.6) is 5.75 Å². The van der Waals surface area contributed by atoms with Crippen molar-refractivity contribution in [1.29, 1.82) is 0 Å². The number of carbonyl (C=O) groups is 1. The Morgan fingerprint density at radius 3 is 2.18 bits per heavy atom. The smallest absolute Gasteiger partial charge is 0.335 e. The van der Waals surface area contributed by atoms with Crippen molar-refractivity contribution in [2.45, 2.75) is 11.4 Å². The number of nitrogens with zero attached hydrogens (tertiary/aromatic N) is 1. The Morgan fingerprint density at radius 2 is 1.57 bits per heavy atom. The van der Waals surface area contributed by atoms with E-state index in [1.807, 2.05) is 36.4 Å². The zero-order chi connectivity index (χ0) is 20.1. The molecule has 28 heavy (non-hydrogen) atoms. The van der Waals surface area contributed by atoms with Crippen molar-refractivity contribution in [1.82, 2.24) is 4.83 Å². The normalized spacial score (nSPS) is 11.1. The third-order valence-electron chi connectivity index (χ3n) is 3.97. The maximum Gasteiger partial charge on any atom is 0.335 e. The van der Waals surface area contributed by atoms with Gasteiger partial charge in [0.15, 0.2) is 0 Å². The molecular formula is C20H17N2O5S-. The van der Waals surface area contributed by atoms with E-state index in [2.05, 4.69) is 4.83 Å². The third kappa shape index (κ3) is 4.48. The van der Waals surface area contributed by atoms with E-state index in [1.165, 1.54) is 5.01 Å². The molecule has 0 saturated carbocycles. The number of hydrogen-bond donors (Lipinski definition) is 2. The second kappa shape index (κ2) is 8.12. The minimum absolute atomic E-state index is 0.246. The Kier molecular flexibility index (Phi) is 5.62. The van der Waals surface area contributed by atoms with Crippen molar-refractivity contribution in [3.8, 4) is 5.75 Å². The van der Waals surface area contributed by atoms with Crippen LogP contribution in [0, 0.1) is 0 Å². The number of nitrogens with one attached hydrogen (secondary N) is 1. The fraction of sp³-hybridized carbons (Fsp3) is 0.0500. The summed E-state index contributed by atoms with van der Waals surface area (Å²) in [4.78, 5) is 13.3. The van der Waals surface area contributed by atoms with E-state index in [9.17, 15) is 18.3 Å². The van der Waals surface area contributed by atoms with Gasteiger partial charge in [-0.1, -0.05) is 60.3 Å². The summed E-state index contributed by atoms with van der Waals surface area (Å²) in [6, 6.07) is 21.0. The average Bonchev–Trinajstić information content (AvgIpc) is 2.69. The van der Waals surface area contributed by atoms with Gasteiger partial charge in [0.25, 0.3) is 10.0 Å². The highest BCUT2D eigenvalue weighted by atomic mass is 32.2. The lowest BCUT2D eigenvalue weighted by molar-refractivity contribution is -0.268. The Morgan fingerprint density at radius 1 is 0.964 bits per heavy atom. The lowest BCUT2D eigenvalue weighted by Gasteiger charge is -2.25. The Labute approximate surface area is 162 Å². The van der Waals surface area contributed by atoms with Crippen molar-refractivity contribution >= 4 is 21.7 Å². The molecule has 144 valence electrons. The molecule has 0 fully saturated rings. The largest absolute Gasteiger partial charge is 0.872 e. The SMILES string of the molecule is O=C(O)c1cc(S(=O)(=O)NN(Cc2ccccc2)c2ccccc2)ccc1[O-]. The standard InChI is InChI=1S/C20H18N2O5S/c23-19-12-11-17(13-18(19)20(24)25)28(26,27)21-22(16-9-5-2-6-10-16)14-15-7-3-1-4-8-15/h1-13,21,23H,14H2,(H,24,25)/p-1. The fourth-order valence-electron chi connectivity index (χ4n) is 2.59. The summed E-state index contributed by atoms with van der Waals surface area (Å²) in [6.07, 6.45) is 0. The van der Waals surface area contributed by atoms with Crippen LogP contribution in [-0.4, -0.2) is 19.5 Å². The van der Waals surface area contributed by atoms with Crippen LogP contribution in [0.3, 0.4) is 0 Å². The lowest BCUT2D eigenvalue weighted by Crippen LogP contribution is -2.41. The first-order chi connectivity index (χ1) is 13.4. The predicted octanol–water partition coefficient (Wildman–Crippen LogP) is 2.36. The number of aromatic carboxylic acids is 1. The summed E-state index contributed by atoms with van der Waals surface area (Å²) in [7, 11) is -4.13.